The van der Waals surface area contributed by atoms with Crippen LogP contribution in [-0.4, -0.2) is 36.5 Å². The first-order chi connectivity index (χ1) is 16.4. The molecule has 1 aromatic heterocycles. The minimum atomic E-state index is -0.281. The molecule has 0 atom stereocenters. The maximum Gasteiger partial charge on any atom is 0.270 e. The van der Waals surface area contributed by atoms with Gasteiger partial charge < -0.3 is 20.1 Å². The van der Waals surface area contributed by atoms with Gasteiger partial charge in [-0.2, -0.15) is 0 Å². The second-order valence-corrected chi connectivity index (χ2v) is 8.92. The third-order valence-electron chi connectivity index (χ3n) is 4.92. The summed E-state index contributed by atoms with van der Waals surface area (Å²) >= 11 is 1.38. The number of rotatable bonds is 12. The molecule has 0 fully saturated rings. The highest BCUT2D eigenvalue weighted by atomic mass is 32.1. The molecule has 2 amide bonds. The maximum absolute atomic E-state index is 12.3. The van der Waals surface area contributed by atoms with Crippen molar-refractivity contribution in [2.45, 2.75) is 40.2 Å². The number of ether oxygens (including phenoxy) is 2. The minimum absolute atomic E-state index is 0.200. The van der Waals surface area contributed by atoms with Crippen molar-refractivity contribution in [3.05, 3.63) is 75.2 Å². The highest BCUT2D eigenvalue weighted by molar-refractivity contribution is 7.09. The zero-order valence-corrected chi connectivity index (χ0v) is 20.7. The molecule has 0 saturated heterocycles. The summed E-state index contributed by atoms with van der Waals surface area (Å²) in [6, 6.07) is 13.1. The fourth-order valence-electron chi connectivity index (χ4n) is 3.22. The molecule has 3 rings (SSSR count). The van der Waals surface area contributed by atoms with Crippen LogP contribution in [0.15, 0.2) is 47.8 Å². The van der Waals surface area contributed by atoms with Crippen LogP contribution in [0, 0.1) is 13.8 Å². The van der Waals surface area contributed by atoms with Gasteiger partial charge in [-0.15, -0.1) is 11.3 Å². The zero-order chi connectivity index (χ0) is 24.3. The summed E-state index contributed by atoms with van der Waals surface area (Å²) in [5.41, 5.74) is 3.15. The van der Waals surface area contributed by atoms with Crippen molar-refractivity contribution in [1.29, 1.82) is 0 Å². The Hall–Kier alpha value is -3.39. The second kappa shape index (κ2) is 12.7. The summed E-state index contributed by atoms with van der Waals surface area (Å²) in [5.74, 6) is 1.05. The number of amides is 2. The Kier molecular flexibility index (Phi) is 9.46. The summed E-state index contributed by atoms with van der Waals surface area (Å²) in [5, 5.41) is 8.00. The molecule has 0 aliphatic heterocycles. The van der Waals surface area contributed by atoms with Gasteiger partial charge in [-0.1, -0.05) is 19.4 Å². The molecule has 2 aromatic carbocycles. The predicted octanol–water partition coefficient (Wildman–Crippen LogP) is 4.68. The predicted molar refractivity (Wildman–Crippen MR) is 134 cm³/mol. The van der Waals surface area contributed by atoms with Crippen molar-refractivity contribution in [2.75, 3.05) is 19.7 Å². The van der Waals surface area contributed by atoms with Crippen molar-refractivity contribution < 1.29 is 19.1 Å². The average Bonchev–Trinajstić information content (AvgIpc) is 3.29. The van der Waals surface area contributed by atoms with Crippen molar-refractivity contribution in [3.8, 4) is 11.5 Å². The first kappa shape index (κ1) is 25.2. The lowest BCUT2D eigenvalue weighted by Gasteiger charge is -2.08. The molecule has 2 N–H and O–H groups in total. The van der Waals surface area contributed by atoms with E-state index in [1.165, 1.54) is 11.3 Å². The number of hydrogen-bond acceptors (Lipinski definition) is 6. The first-order valence-corrected chi connectivity index (χ1v) is 12.3. The van der Waals surface area contributed by atoms with Gasteiger partial charge in [-0.3, -0.25) is 9.59 Å². The van der Waals surface area contributed by atoms with E-state index in [2.05, 4.69) is 28.6 Å². The second-order valence-electron chi connectivity index (χ2n) is 7.98. The quantitative estimate of drug-likeness (QED) is 0.367. The highest BCUT2D eigenvalue weighted by Crippen LogP contribution is 2.19. The van der Waals surface area contributed by atoms with E-state index in [0.29, 0.717) is 37.6 Å². The summed E-state index contributed by atoms with van der Waals surface area (Å²) < 4.78 is 11.4. The average molecular weight is 482 g/mol. The van der Waals surface area contributed by atoms with Crippen molar-refractivity contribution >= 4 is 23.2 Å². The molecule has 3 aromatic rings. The Balaban J connectivity index is 1.38. The Bertz CT molecular complexity index is 1080. The van der Waals surface area contributed by atoms with E-state index in [0.717, 1.165) is 40.5 Å². The zero-order valence-electron chi connectivity index (χ0n) is 19.8. The molecule has 7 nitrogen and oxygen atoms in total. The Morgan fingerprint density at radius 3 is 2.26 bits per heavy atom. The molecule has 180 valence electrons. The summed E-state index contributed by atoms with van der Waals surface area (Å²) in [7, 11) is 0. The van der Waals surface area contributed by atoms with Crippen molar-refractivity contribution in [1.82, 2.24) is 15.6 Å². The van der Waals surface area contributed by atoms with E-state index in [1.807, 2.05) is 26.0 Å². The Morgan fingerprint density at radius 1 is 0.912 bits per heavy atom. The van der Waals surface area contributed by atoms with E-state index in [-0.39, 0.29) is 11.8 Å². The van der Waals surface area contributed by atoms with Crippen LogP contribution >= 0.6 is 11.3 Å². The van der Waals surface area contributed by atoms with Gasteiger partial charge in [0.05, 0.1) is 6.61 Å². The van der Waals surface area contributed by atoms with E-state index in [4.69, 9.17) is 9.47 Å². The maximum atomic E-state index is 12.3. The number of thiazole rings is 1. The van der Waals surface area contributed by atoms with Gasteiger partial charge in [0.25, 0.3) is 11.8 Å². The van der Waals surface area contributed by atoms with Crippen LogP contribution in [0.2, 0.25) is 0 Å². The van der Waals surface area contributed by atoms with E-state index >= 15 is 0 Å². The van der Waals surface area contributed by atoms with Crippen LogP contribution in [0.1, 0.15) is 56.7 Å². The number of nitrogens with zero attached hydrogens (tertiary/aromatic N) is 1. The van der Waals surface area contributed by atoms with E-state index < -0.39 is 0 Å². The lowest BCUT2D eigenvalue weighted by atomic mass is 10.1. The van der Waals surface area contributed by atoms with Crippen LogP contribution in [0.25, 0.3) is 0 Å². The first-order valence-electron chi connectivity index (χ1n) is 11.4. The molecule has 34 heavy (non-hydrogen) atoms. The van der Waals surface area contributed by atoms with Crippen molar-refractivity contribution in [2.24, 2.45) is 0 Å². The van der Waals surface area contributed by atoms with Crippen LogP contribution in [0.3, 0.4) is 0 Å². The lowest BCUT2D eigenvalue weighted by Crippen LogP contribution is -2.34. The number of carbonyl (C=O) groups is 2. The molecule has 8 heteroatoms. The molecule has 0 saturated carbocycles. The number of hydrogen-bond donors (Lipinski definition) is 2. The smallest absolute Gasteiger partial charge is 0.270 e. The molecule has 0 bridgehead atoms. The van der Waals surface area contributed by atoms with Gasteiger partial charge in [0.15, 0.2) is 0 Å². The van der Waals surface area contributed by atoms with Gasteiger partial charge in [0.1, 0.15) is 28.8 Å². The number of nitrogens with one attached hydrogen (secondary N) is 2. The molecule has 1 heterocycles. The SMILES string of the molecule is CCCCOc1ccc(C(=O)NCCNC(=O)c2csc(COc3cc(C)cc(C)c3)n2)cc1. The fraction of sp³-hybridized carbons (Fsp3) is 0.346. The fourth-order valence-corrected chi connectivity index (χ4v) is 3.91. The van der Waals surface area contributed by atoms with Gasteiger partial charge in [0, 0.05) is 24.0 Å². The molecular weight excluding hydrogens is 450 g/mol. The van der Waals surface area contributed by atoms with Gasteiger partial charge in [0.2, 0.25) is 0 Å². The van der Waals surface area contributed by atoms with Gasteiger partial charge >= 0.3 is 0 Å². The summed E-state index contributed by atoms with van der Waals surface area (Å²) in [6.45, 7) is 7.74. The molecule has 0 unspecified atom stereocenters. The largest absolute Gasteiger partial charge is 0.494 e. The van der Waals surface area contributed by atoms with Gasteiger partial charge in [-0.05, 0) is 67.8 Å². The highest BCUT2D eigenvalue weighted by Gasteiger charge is 2.11. The van der Waals surface area contributed by atoms with Crippen molar-refractivity contribution in [3.63, 3.8) is 0 Å². The molecule has 0 spiro atoms. The number of benzene rings is 2. The standard InChI is InChI=1S/C26H31N3O4S/c1-4-5-12-32-21-8-6-20(7-9-21)25(30)27-10-11-28-26(31)23-17-34-24(29-23)16-33-22-14-18(2)13-19(3)15-22/h6-9,13-15,17H,4-5,10-12,16H2,1-3H3,(H,27,30)(H,28,31). The molecule has 0 radical (unpaired) electrons. The number of unbranched alkanes of at least 4 members (excludes halogenated alkanes) is 1. The van der Waals surface area contributed by atoms with E-state index in [9.17, 15) is 9.59 Å². The van der Waals surface area contributed by atoms with Crippen LogP contribution < -0.4 is 20.1 Å². The Morgan fingerprint density at radius 2 is 1.59 bits per heavy atom. The van der Waals surface area contributed by atoms with E-state index in [1.54, 1.807) is 29.6 Å². The number of aryl methyl sites for hydroxylation is 2. The van der Waals surface area contributed by atoms with Crippen LogP contribution in [0.4, 0.5) is 0 Å². The number of aromatic nitrogens is 1. The monoisotopic (exact) mass is 481 g/mol. The third kappa shape index (κ3) is 7.88. The molecular formula is C26H31N3O4S. The third-order valence-corrected chi connectivity index (χ3v) is 5.74. The lowest BCUT2D eigenvalue weighted by molar-refractivity contribution is 0.0925. The normalized spacial score (nSPS) is 10.6. The van der Waals surface area contributed by atoms with Crippen LogP contribution in [-0.2, 0) is 6.61 Å². The summed E-state index contributed by atoms with van der Waals surface area (Å²) in [6.07, 6.45) is 2.07. The molecule has 0 aliphatic rings. The molecule has 0 aliphatic carbocycles. The summed E-state index contributed by atoms with van der Waals surface area (Å²) in [4.78, 5) is 29.0. The minimum Gasteiger partial charge on any atom is -0.494 e. The topological polar surface area (TPSA) is 89.6 Å². The van der Waals surface area contributed by atoms with Crippen LogP contribution in [0.5, 0.6) is 11.5 Å². The number of carbonyl (C=O) groups excluding carboxylic acids is 2. The Labute approximate surface area is 204 Å². The van der Waals surface area contributed by atoms with Gasteiger partial charge in [-0.25, -0.2) is 4.98 Å².